The molecule has 2 aromatic heterocycles. The van der Waals surface area contributed by atoms with Gasteiger partial charge in [-0.05, 0) is 13.0 Å². The number of furan rings is 1. The monoisotopic (exact) mass is 164 g/mol. The highest BCUT2D eigenvalue weighted by Crippen LogP contribution is 2.22. The van der Waals surface area contributed by atoms with Crippen LogP contribution in [0.1, 0.15) is 11.5 Å². The molecule has 0 aromatic carbocycles. The van der Waals surface area contributed by atoms with E-state index in [1.165, 1.54) is 0 Å². The molecule has 0 unspecified atom stereocenters. The van der Waals surface area contributed by atoms with Gasteiger partial charge in [-0.3, -0.25) is 0 Å². The summed E-state index contributed by atoms with van der Waals surface area (Å²) >= 11 is 0. The molecular weight excluding hydrogens is 156 g/mol. The molecule has 0 aliphatic heterocycles. The molecule has 0 aliphatic rings. The maximum absolute atomic E-state index is 5.19. The van der Waals surface area contributed by atoms with Gasteiger partial charge < -0.3 is 8.83 Å². The van der Waals surface area contributed by atoms with E-state index in [2.05, 4.69) is 10.2 Å². The summed E-state index contributed by atoms with van der Waals surface area (Å²) < 4.78 is 10.4. The first-order valence-electron chi connectivity index (χ1n) is 3.62. The van der Waals surface area contributed by atoms with Crippen LogP contribution in [-0.2, 0) is 0 Å². The zero-order chi connectivity index (χ0) is 8.55. The summed E-state index contributed by atoms with van der Waals surface area (Å²) in [6.45, 7) is 3.67. The first-order valence-corrected chi connectivity index (χ1v) is 3.62. The summed E-state index contributed by atoms with van der Waals surface area (Å²) in [5.41, 5.74) is 0.999. The Hall–Kier alpha value is -1.58. The topological polar surface area (TPSA) is 52.1 Å². The van der Waals surface area contributed by atoms with Crippen LogP contribution in [0.5, 0.6) is 0 Å². The molecule has 62 valence electrons. The Labute approximate surface area is 69.2 Å². The van der Waals surface area contributed by atoms with Crippen LogP contribution >= 0.6 is 0 Å². The van der Waals surface area contributed by atoms with Gasteiger partial charge >= 0.3 is 0 Å². The van der Waals surface area contributed by atoms with E-state index in [9.17, 15) is 0 Å². The normalized spacial score (nSPS) is 10.5. The second kappa shape index (κ2) is 2.48. The Morgan fingerprint density at radius 2 is 2.08 bits per heavy atom. The molecule has 0 atom stereocenters. The highest BCUT2D eigenvalue weighted by molar-refractivity contribution is 5.49. The first kappa shape index (κ1) is 7.09. The van der Waals surface area contributed by atoms with Gasteiger partial charge in [0.25, 0.3) is 5.89 Å². The van der Waals surface area contributed by atoms with Gasteiger partial charge in [0.2, 0.25) is 5.89 Å². The average Bonchev–Trinajstić information content (AvgIpc) is 2.58. The van der Waals surface area contributed by atoms with E-state index >= 15 is 0 Å². The van der Waals surface area contributed by atoms with Crippen molar-refractivity contribution in [1.29, 1.82) is 0 Å². The molecule has 0 N–H and O–H groups in total. The summed E-state index contributed by atoms with van der Waals surface area (Å²) in [5, 5.41) is 7.55. The third kappa shape index (κ3) is 1.01. The smallest absolute Gasteiger partial charge is 0.283 e. The SMILES string of the molecule is Cc1nnc(-c2occc2C)o1. The van der Waals surface area contributed by atoms with Crippen LogP contribution in [0.3, 0.4) is 0 Å². The van der Waals surface area contributed by atoms with Crippen LogP contribution in [0.25, 0.3) is 11.7 Å². The van der Waals surface area contributed by atoms with Crippen molar-refractivity contribution in [3.05, 3.63) is 23.8 Å². The van der Waals surface area contributed by atoms with Crippen molar-refractivity contribution in [2.45, 2.75) is 13.8 Å². The Bertz CT molecular complexity index is 389. The van der Waals surface area contributed by atoms with Crippen molar-refractivity contribution in [3.8, 4) is 11.7 Å². The Morgan fingerprint density at radius 3 is 2.58 bits per heavy atom. The maximum Gasteiger partial charge on any atom is 0.283 e. The molecule has 2 aromatic rings. The quantitative estimate of drug-likeness (QED) is 0.646. The summed E-state index contributed by atoms with van der Waals surface area (Å²) in [7, 11) is 0. The first-order chi connectivity index (χ1) is 5.77. The van der Waals surface area contributed by atoms with Crippen LogP contribution in [0, 0.1) is 13.8 Å². The number of hydrogen-bond donors (Lipinski definition) is 0. The fourth-order valence-electron chi connectivity index (χ4n) is 0.980. The molecule has 0 amide bonds. The van der Waals surface area contributed by atoms with Crippen LogP contribution in [0.2, 0.25) is 0 Å². The van der Waals surface area contributed by atoms with E-state index in [-0.39, 0.29) is 0 Å². The Balaban J connectivity index is 2.50. The highest BCUT2D eigenvalue weighted by Gasteiger charge is 2.11. The van der Waals surface area contributed by atoms with E-state index in [0.717, 1.165) is 5.56 Å². The summed E-state index contributed by atoms with van der Waals surface area (Å²) in [5.74, 6) is 1.63. The second-order valence-electron chi connectivity index (χ2n) is 2.56. The van der Waals surface area contributed by atoms with Gasteiger partial charge in [0, 0.05) is 12.5 Å². The van der Waals surface area contributed by atoms with Crippen molar-refractivity contribution in [3.63, 3.8) is 0 Å². The van der Waals surface area contributed by atoms with Crippen LogP contribution in [-0.4, -0.2) is 10.2 Å². The highest BCUT2D eigenvalue weighted by atomic mass is 16.4. The van der Waals surface area contributed by atoms with Crippen LogP contribution < -0.4 is 0 Å². The van der Waals surface area contributed by atoms with Crippen LogP contribution in [0.15, 0.2) is 21.2 Å². The van der Waals surface area contributed by atoms with Gasteiger partial charge in [-0.15, -0.1) is 10.2 Å². The molecule has 0 spiro atoms. The van der Waals surface area contributed by atoms with Crippen molar-refractivity contribution < 1.29 is 8.83 Å². The van der Waals surface area contributed by atoms with Gasteiger partial charge in [-0.2, -0.15) is 0 Å². The molecule has 2 rings (SSSR count). The second-order valence-corrected chi connectivity index (χ2v) is 2.56. The van der Waals surface area contributed by atoms with Gasteiger partial charge in [0.15, 0.2) is 5.76 Å². The predicted molar refractivity (Wildman–Crippen MR) is 41.5 cm³/mol. The van der Waals surface area contributed by atoms with Gasteiger partial charge in [0.05, 0.1) is 6.26 Å². The number of aryl methyl sites for hydroxylation is 2. The Morgan fingerprint density at radius 1 is 1.25 bits per heavy atom. The van der Waals surface area contributed by atoms with Gasteiger partial charge in [-0.25, -0.2) is 0 Å². The fraction of sp³-hybridized carbons (Fsp3) is 0.250. The van der Waals surface area contributed by atoms with E-state index < -0.39 is 0 Å². The van der Waals surface area contributed by atoms with Crippen molar-refractivity contribution in [1.82, 2.24) is 10.2 Å². The van der Waals surface area contributed by atoms with E-state index in [1.54, 1.807) is 13.2 Å². The average molecular weight is 164 g/mol. The molecule has 0 saturated heterocycles. The molecular formula is C8H8N2O2. The lowest BCUT2D eigenvalue weighted by molar-refractivity contribution is 0.496. The zero-order valence-corrected chi connectivity index (χ0v) is 6.87. The number of nitrogens with zero attached hydrogens (tertiary/aromatic N) is 2. The standard InChI is InChI=1S/C8H8N2O2/c1-5-3-4-11-7(5)8-10-9-6(2)12-8/h3-4H,1-2H3. The lowest BCUT2D eigenvalue weighted by atomic mass is 10.3. The summed E-state index contributed by atoms with van der Waals surface area (Å²) in [6.07, 6.45) is 1.60. The van der Waals surface area contributed by atoms with E-state index in [4.69, 9.17) is 8.83 Å². The van der Waals surface area contributed by atoms with Gasteiger partial charge in [0.1, 0.15) is 0 Å². The molecule has 0 fully saturated rings. The summed E-state index contributed by atoms with van der Waals surface area (Å²) in [6, 6.07) is 1.86. The minimum absolute atomic E-state index is 0.440. The minimum atomic E-state index is 0.440. The number of aromatic nitrogens is 2. The Kier molecular flexibility index (Phi) is 1.46. The predicted octanol–water partition coefficient (Wildman–Crippen LogP) is 1.95. The van der Waals surface area contributed by atoms with E-state index in [1.807, 2.05) is 13.0 Å². The fourth-order valence-corrected chi connectivity index (χ4v) is 0.980. The molecule has 2 heterocycles. The maximum atomic E-state index is 5.19. The third-order valence-corrected chi connectivity index (χ3v) is 1.58. The zero-order valence-electron chi connectivity index (χ0n) is 6.87. The number of hydrogen-bond acceptors (Lipinski definition) is 4. The third-order valence-electron chi connectivity index (χ3n) is 1.58. The molecule has 4 nitrogen and oxygen atoms in total. The molecule has 0 aliphatic carbocycles. The lowest BCUT2D eigenvalue weighted by Gasteiger charge is -1.87. The molecule has 0 bridgehead atoms. The van der Waals surface area contributed by atoms with Gasteiger partial charge in [-0.1, -0.05) is 0 Å². The van der Waals surface area contributed by atoms with Crippen LogP contribution in [0.4, 0.5) is 0 Å². The largest absolute Gasteiger partial charge is 0.459 e. The molecule has 12 heavy (non-hydrogen) atoms. The molecule has 4 heteroatoms. The van der Waals surface area contributed by atoms with Crippen molar-refractivity contribution in [2.24, 2.45) is 0 Å². The summed E-state index contributed by atoms with van der Waals surface area (Å²) in [4.78, 5) is 0. The molecule has 0 radical (unpaired) electrons. The molecule has 0 saturated carbocycles. The van der Waals surface area contributed by atoms with Crippen molar-refractivity contribution in [2.75, 3.05) is 0 Å². The van der Waals surface area contributed by atoms with E-state index in [0.29, 0.717) is 17.5 Å². The minimum Gasteiger partial charge on any atom is -0.459 e. The lowest BCUT2D eigenvalue weighted by Crippen LogP contribution is -1.76. The number of rotatable bonds is 1. The van der Waals surface area contributed by atoms with Crippen molar-refractivity contribution >= 4 is 0 Å².